The first-order valence-electron chi connectivity index (χ1n) is 7.47. The molecule has 9 nitrogen and oxygen atoms in total. The van der Waals surface area contributed by atoms with Crippen molar-refractivity contribution >= 4 is 22.4 Å². The fraction of sp³-hybridized carbons (Fsp3) is 0.857. The van der Waals surface area contributed by atoms with E-state index in [0.29, 0.717) is 0 Å². The Kier molecular flexibility index (Phi) is 5.77. The van der Waals surface area contributed by atoms with E-state index in [2.05, 4.69) is 0 Å². The number of rotatable bonds is 3. The van der Waals surface area contributed by atoms with Crippen LogP contribution in [-0.2, 0) is 29.3 Å². The summed E-state index contributed by atoms with van der Waals surface area (Å²) in [6.45, 7) is 7.27. The number of nitrogens with zero attached hydrogens (tertiary/aromatic N) is 1. The number of hydrogen-bond acceptors (Lipinski definition) is 7. The number of hydrogen-bond donors (Lipinski definition) is 1. The van der Waals surface area contributed by atoms with Crippen molar-refractivity contribution in [2.45, 2.75) is 64.5 Å². The normalized spacial score (nSPS) is 24.7. The fourth-order valence-corrected chi connectivity index (χ4v) is 3.01. The van der Waals surface area contributed by atoms with Crippen LogP contribution in [0.1, 0.15) is 41.5 Å². The molecule has 0 radical (unpaired) electrons. The van der Waals surface area contributed by atoms with Gasteiger partial charge in [0.05, 0.1) is 13.2 Å². The molecule has 0 bridgehead atoms. The van der Waals surface area contributed by atoms with E-state index in [1.54, 1.807) is 0 Å². The van der Waals surface area contributed by atoms with Crippen LogP contribution in [0.5, 0.6) is 0 Å². The minimum absolute atomic E-state index is 0.336. The lowest BCUT2D eigenvalue weighted by Gasteiger charge is -2.38. The largest absolute Gasteiger partial charge is 0.458 e. The monoisotopic (exact) mass is 385 g/mol. The number of alkyl halides is 1. The van der Waals surface area contributed by atoms with Gasteiger partial charge in [0.25, 0.3) is 0 Å². The molecule has 0 spiro atoms. The zero-order valence-corrected chi connectivity index (χ0v) is 15.8. The SMILES string of the molecule is CC(C)(C)OC(=O)N(C1(C(=O)OC(C)(C)C)COCC1F)S(=O)(=O)O. The Morgan fingerprint density at radius 3 is 1.96 bits per heavy atom. The highest BCUT2D eigenvalue weighted by atomic mass is 32.2. The third kappa shape index (κ3) is 5.02. The number of halogens is 1. The molecule has 0 aromatic heterocycles. The zero-order valence-electron chi connectivity index (χ0n) is 15.0. The summed E-state index contributed by atoms with van der Waals surface area (Å²) < 4.78 is 62.2. The van der Waals surface area contributed by atoms with Gasteiger partial charge in [-0.2, -0.15) is 12.7 Å². The molecule has 1 aliphatic rings. The average molecular weight is 385 g/mol. The summed E-state index contributed by atoms with van der Waals surface area (Å²) >= 11 is 0. The van der Waals surface area contributed by atoms with Gasteiger partial charge in [0.2, 0.25) is 5.54 Å². The molecule has 1 amide bonds. The van der Waals surface area contributed by atoms with Crippen LogP contribution >= 0.6 is 0 Å². The first-order chi connectivity index (χ1) is 11.0. The Morgan fingerprint density at radius 2 is 1.64 bits per heavy atom. The van der Waals surface area contributed by atoms with Crippen molar-refractivity contribution in [1.82, 2.24) is 4.31 Å². The minimum Gasteiger partial charge on any atom is -0.458 e. The summed E-state index contributed by atoms with van der Waals surface area (Å²) in [5, 5.41) is 0. The molecule has 11 heteroatoms. The molecule has 0 saturated carbocycles. The Bertz CT molecular complexity index is 636. The lowest BCUT2D eigenvalue weighted by molar-refractivity contribution is -0.169. The van der Waals surface area contributed by atoms with Gasteiger partial charge in [-0.1, -0.05) is 0 Å². The zero-order chi connectivity index (χ0) is 19.8. The Hall–Kier alpha value is -1.46. The molecule has 1 rings (SSSR count). The van der Waals surface area contributed by atoms with Crippen molar-refractivity contribution in [3.8, 4) is 0 Å². The van der Waals surface area contributed by atoms with Crippen LogP contribution in [0.15, 0.2) is 0 Å². The molecule has 2 unspecified atom stereocenters. The molecule has 146 valence electrons. The van der Waals surface area contributed by atoms with Crippen molar-refractivity contribution in [3.63, 3.8) is 0 Å². The molecule has 0 aliphatic carbocycles. The van der Waals surface area contributed by atoms with Gasteiger partial charge >= 0.3 is 22.4 Å². The second-order valence-electron chi connectivity index (χ2n) is 7.63. The smallest absolute Gasteiger partial charge is 0.427 e. The molecule has 1 saturated heterocycles. The maximum Gasteiger partial charge on any atom is 0.427 e. The second-order valence-corrected chi connectivity index (χ2v) is 8.89. The molecular weight excluding hydrogens is 361 g/mol. The van der Waals surface area contributed by atoms with Crippen LogP contribution < -0.4 is 0 Å². The Balaban J connectivity index is 3.47. The quantitative estimate of drug-likeness (QED) is 0.573. The average Bonchev–Trinajstić information content (AvgIpc) is 2.65. The number of carbonyl (C=O) groups excluding carboxylic acids is 2. The highest BCUT2D eigenvalue weighted by molar-refractivity contribution is 7.84. The highest BCUT2D eigenvalue weighted by Gasteiger charge is 2.64. The van der Waals surface area contributed by atoms with E-state index in [4.69, 9.17) is 14.2 Å². The standard InChI is InChI=1S/C14H24FNO8S/c1-12(2,3)23-10(17)14(8-22-7-9(14)15)16(25(19,20)21)11(18)24-13(4,5)6/h9H,7-8H2,1-6H3,(H,19,20,21). The predicted octanol–water partition coefficient (Wildman–Crippen LogP) is 1.48. The van der Waals surface area contributed by atoms with E-state index in [-0.39, 0.29) is 4.31 Å². The number of carbonyl (C=O) groups is 2. The van der Waals surface area contributed by atoms with E-state index in [9.17, 15) is 27.0 Å². The van der Waals surface area contributed by atoms with E-state index >= 15 is 0 Å². The van der Waals surface area contributed by atoms with Gasteiger partial charge in [-0.15, -0.1) is 0 Å². The van der Waals surface area contributed by atoms with Gasteiger partial charge in [-0.05, 0) is 41.5 Å². The molecule has 1 N–H and O–H groups in total. The van der Waals surface area contributed by atoms with Gasteiger partial charge in [-0.25, -0.2) is 14.0 Å². The summed E-state index contributed by atoms with van der Waals surface area (Å²) in [5.74, 6) is -1.37. The third-order valence-corrected chi connectivity index (χ3v) is 3.95. The number of amides is 1. The van der Waals surface area contributed by atoms with Crippen molar-refractivity contribution in [2.75, 3.05) is 13.2 Å². The van der Waals surface area contributed by atoms with Gasteiger partial charge < -0.3 is 14.2 Å². The van der Waals surface area contributed by atoms with Gasteiger partial charge in [0.1, 0.15) is 11.2 Å². The maximum atomic E-state index is 14.6. The Labute approximate surface area is 146 Å². The Morgan fingerprint density at radius 1 is 1.16 bits per heavy atom. The van der Waals surface area contributed by atoms with Gasteiger partial charge in [-0.3, -0.25) is 4.55 Å². The number of ether oxygens (including phenoxy) is 3. The minimum atomic E-state index is -5.37. The van der Waals surface area contributed by atoms with E-state index in [1.807, 2.05) is 0 Å². The van der Waals surface area contributed by atoms with Gasteiger partial charge in [0.15, 0.2) is 6.17 Å². The predicted molar refractivity (Wildman–Crippen MR) is 83.9 cm³/mol. The lowest BCUT2D eigenvalue weighted by atomic mass is 9.96. The van der Waals surface area contributed by atoms with Crippen LogP contribution in [0.2, 0.25) is 0 Å². The summed E-state index contributed by atoms with van der Waals surface area (Å²) in [7, 11) is -5.37. The fourth-order valence-electron chi connectivity index (χ4n) is 2.13. The summed E-state index contributed by atoms with van der Waals surface area (Å²) in [4.78, 5) is 24.9. The van der Waals surface area contributed by atoms with Crippen molar-refractivity contribution in [1.29, 1.82) is 0 Å². The van der Waals surface area contributed by atoms with Crippen molar-refractivity contribution < 1.29 is 41.2 Å². The van der Waals surface area contributed by atoms with Crippen LogP contribution in [0.4, 0.5) is 9.18 Å². The third-order valence-electron chi connectivity index (χ3n) is 3.01. The highest BCUT2D eigenvalue weighted by Crippen LogP contribution is 2.35. The molecule has 0 aromatic carbocycles. The lowest BCUT2D eigenvalue weighted by Crippen LogP contribution is -2.66. The summed E-state index contributed by atoms with van der Waals surface area (Å²) in [6.07, 6.45) is -3.87. The number of esters is 1. The topological polar surface area (TPSA) is 119 Å². The van der Waals surface area contributed by atoms with Gasteiger partial charge in [0, 0.05) is 0 Å². The molecule has 0 aromatic rings. The van der Waals surface area contributed by atoms with Crippen LogP contribution in [0, 0.1) is 0 Å². The van der Waals surface area contributed by atoms with Crippen LogP contribution in [0.3, 0.4) is 0 Å². The van der Waals surface area contributed by atoms with Crippen LogP contribution in [-0.4, -0.2) is 65.5 Å². The van der Waals surface area contributed by atoms with E-state index in [1.165, 1.54) is 41.5 Å². The molecule has 25 heavy (non-hydrogen) atoms. The molecule has 2 atom stereocenters. The van der Waals surface area contributed by atoms with Crippen molar-refractivity contribution in [2.24, 2.45) is 0 Å². The second kappa shape index (κ2) is 6.69. The summed E-state index contributed by atoms with van der Waals surface area (Å²) in [6, 6.07) is 0. The molecule has 1 fully saturated rings. The molecular formula is C14H24FNO8S. The molecule has 1 aliphatic heterocycles. The van der Waals surface area contributed by atoms with Crippen LogP contribution in [0.25, 0.3) is 0 Å². The maximum absolute atomic E-state index is 14.6. The van der Waals surface area contributed by atoms with E-state index < -0.39 is 58.5 Å². The summed E-state index contributed by atoms with van der Waals surface area (Å²) in [5.41, 5.74) is -4.99. The first-order valence-corrected chi connectivity index (χ1v) is 8.86. The van der Waals surface area contributed by atoms with Crippen molar-refractivity contribution in [3.05, 3.63) is 0 Å². The first kappa shape index (κ1) is 21.6. The van der Waals surface area contributed by atoms with E-state index in [0.717, 1.165) is 0 Å². The molecule has 1 heterocycles.